The maximum atomic E-state index is 12.9. The summed E-state index contributed by atoms with van der Waals surface area (Å²) in [6.45, 7) is 2.08. The van der Waals surface area contributed by atoms with E-state index in [9.17, 15) is 4.39 Å². The second kappa shape index (κ2) is 6.68. The molecule has 0 saturated carbocycles. The van der Waals surface area contributed by atoms with Crippen molar-refractivity contribution in [2.45, 2.75) is 35.7 Å². The van der Waals surface area contributed by atoms with Gasteiger partial charge in [-0.3, -0.25) is 0 Å². The first kappa shape index (κ1) is 14.0. The molecule has 2 aromatic rings. The molecule has 1 heterocycles. The predicted octanol–water partition coefficient (Wildman–Crippen LogP) is 3.65. The zero-order chi connectivity index (χ0) is 13.7. The van der Waals surface area contributed by atoms with E-state index in [0.717, 1.165) is 28.3 Å². The molecule has 1 aromatic carbocycles. The topological polar surface area (TPSA) is 38.9 Å². The van der Waals surface area contributed by atoms with Crippen LogP contribution in [0.2, 0.25) is 0 Å². The lowest BCUT2D eigenvalue weighted by molar-refractivity contribution is 0.626. The summed E-state index contributed by atoms with van der Waals surface area (Å²) in [6.07, 6.45) is 3.52. The molecule has 0 aliphatic carbocycles. The number of benzene rings is 1. The first-order valence-electron chi connectivity index (χ1n) is 6.32. The Kier molecular flexibility index (Phi) is 4.93. The van der Waals surface area contributed by atoms with Crippen molar-refractivity contribution < 1.29 is 4.39 Å². The van der Waals surface area contributed by atoms with Crippen LogP contribution in [0, 0.1) is 5.82 Å². The van der Waals surface area contributed by atoms with E-state index in [1.54, 1.807) is 30.1 Å². The van der Waals surface area contributed by atoms with Gasteiger partial charge < -0.3 is 5.73 Å². The number of hydrogen-bond acceptors (Lipinski definition) is 3. The summed E-state index contributed by atoms with van der Waals surface area (Å²) in [5.74, 6) is -0.224. The first-order chi connectivity index (χ1) is 9.19. The highest BCUT2D eigenvalue weighted by molar-refractivity contribution is 7.99. The van der Waals surface area contributed by atoms with Crippen LogP contribution < -0.4 is 5.73 Å². The molecule has 2 rings (SSSR count). The van der Waals surface area contributed by atoms with Gasteiger partial charge in [0.15, 0.2) is 0 Å². The molecule has 0 fully saturated rings. The molecule has 1 atom stereocenters. The van der Waals surface area contributed by atoms with Crippen LogP contribution in [0.1, 0.15) is 18.9 Å². The number of rotatable bonds is 5. The molecule has 2 nitrogen and oxygen atoms in total. The Hall–Kier alpha value is -1.39. The van der Waals surface area contributed by atoms with Gasteiger partial charge in [0.2, 0.25) is 0 Å². The minimum Gasteiger partial charge on any atom is -0.327 e. The lowest BCUT2D eigenvalue weighted by Gasteiger charge is -2.12. The van der Waals surface area contributed by atoms with Crippen LogP contribution >= 0.6 is 11.8 Å². The van der Waals surface area contributed by atoms with Crippen molar-refractivity contribution >= 4 is 11.8 Å². The van der Waals surface area contributed by atoms with Crippen LogP contribution in [0.25, 0.3) is 0 Å². The molecule has 0 radical (unpaired) electrons. The maximum Gasteiger partial charge on any atom is 0.123 e. The molecule has 0 bridgehead atoms. The number of pyridine rings is 1. The Morgan fingerprint density at radius 2 is 2.00 bits per heavy atom. The molecule has 2 N–H and O–H groups in total. The second-order valence-electron chi connectivity index (χ2n) is 4.40. The summed E-state index contributed by atoms with van der Waals surface area (Å²) < 4.78 is 12.9. The van der Waals surface area contributed by atoms with Crippen molar-refractivity contribution in [3.8, 4) is 0 Å². The van der Waals surface area contributed by atoms with Crippen LogP contribution in [-0.4, -0.2) is 11.0 Å². The average Bonchev–Trinajstić information content (AvgIpc) is 2.43. The van der Waals surface area contributed by atoms with E-state index in [0.29, 0.717) is 0 Å². The number of nitrogens with two attached hydrogens (primary N) is 1. The fourth-order valence-electron chi connectivity index (χ4n) is 1.71. The fourth-order valence-corrected chi connectivity index (χ4v) is 2.60. The van der Waals surface area contributed by atoms with Gasteiger partial charge in [-0.25, -0.2) is 9.37 Å². The van der Waals surface area contributed by atoms with Gasteiger partial charge in [0.25, 0.3) is 0 Å². The third-order valence-corrected chi connectivity index (χ3v) is 3.95. The first-order valence-corrected chi connectivity index (χ1v) is 7.13. The lowest BCUT2D eigenvalue weighted by atomic mass is 10.1. The second-order valence-corrected chi connectivity index (χ2v) is 5.46. The highest BCUT2D eigenvalue weighted by Gasteiger charge is 2.09. The smallest absolute Gasteiger partial charge is 0.123 e. The molecule has 0 aliphatic heterocycles. The number of halogens is 1. The number of hydrogen-bond donors (Lipinski definition) is 1. The Balaban J connectivity index is 2.17. The van der Waals surface area contributed by atoms with Crippen LogP contribution in [0.5, 0.6) is 0 Å². The quantitative estimate of drug-likeness (QED) is 0.906. The van der Waals surface area contributed by atoms with Gasteiger partial charge in [-0.05, 0) is 48.7 Å². The van der Waals surface area contributed by atoms with Gasteiger partial charge in [-0.2, -0.15) is 0 Å². The number of aromatic nitrogens is 1. The largest absolute Gasteiger partial charge is 0.327 e. The van der Waals surface area contributed by atoms with E-state index in [1.807, 2.05) is 12.1 Å². The van der Waals surface area contributed by atoms with Crippen molar-refractivity contribution in [2.75, 3.05) is 0 Å². The zero-order valence-electron chi connectivity index (χ0n) is 10.8. The van der Waals surface area contributed by atoms with E-state index in [1.165, 1.54) is 12.1 Å². The van der Waals surface area contributed by atoms with Crippen LogP contribution in [0.4, 0.5) is 4.39 Å². The molecule has 0 aliphatic rings. The fraction of sp³-hybridized carbons (Fsp3) is 0.267. The maximum absolute atomic E-state index is 12.9. The van der Waals surface area contributed by atoms with Gasteiger partial charge >= 0.3 is 0 Å². The summed E-state index contributed by atoms with van der Waals surface area (Å²) >= 11 is 1.54. The average molecular weight is 276 g/mol. The van der Waals surface area contributed by atoms with E-state index >= 15 is 0 Å². The molecule has 100 valence electrons. The zero-order valence-corrected chi connectivity index (χ0v) is 11.7. The third kappa shape index (κ3) is 4.04. The molecule has 1 aromatic heterocycles. The Bertz CT molecular complexity index is 528. The number of nitrogens with zero attached hydrogens (tertiary/aromatic N) is 1. The summed E-state index contributed by atoms with van der Waals surface area (Å²) in [7, 11) is 0. The third-order valence-electron chi connectivity index (χ3n) is 2.88. The molecular formula is C15H17FN2S. The van der Waals surface area contributed by atoms with E-state index < -0.39 is 0 Å². The Morgan fingerprint density at radius 3 is 2.68 bits per heavy atom. The molecule has 1 unspecified atom stereocenters. The van der Waals surface area contributed by atoms with E-state index in [4.69, 9.17) is 5.73 Å². The van der Waals surface area contributed by atoms with Crippen LogP contribution in [0.15, 0.2) is 52.5 Å². The molecule has 0 spiro atoms. The highest BCUT2D eigenvalue weighted by Crippen LogP contribution is 2.29. The van der Waals surface area contributed by atoms with Crippen molar-refractivity contribution in [3.63, 3.8) is 0 Å². The van der Waals surface area contributed by atoms with E-state index in [2.05, 4.69) is 11.9 Å². The Labute approximate surface area is 117 Å². The summed E-state index contributed by atoms with van der Waals surface area (Å²) in [5, 5.41) is 0.943. The molecular weight excluding hydrogens is 259 g/mol. The van der Waals surface area contributed by atoms with Gasteiger partial charge in [-0.15, -0.1) is 0 Å². The minimum absolute atomic E-state index is 0.150. The minimum atomic E-state index is -0.224. The molecule has 0 saturated heterocycles. The molecule has 4 heteroatoms. The molecule has 0 amide bonds. The summed E-state index contributed by atoms with van der Waals surface area (Å²) in [4.78, 5) is 5.38. The van der Waals surface area contributed by atoms with Gasteiger partial charge in [0.1, 0.15) is 10.8 Å². The predicted molar refractivity (Wildman–Crippen MR) is 76.7 cm³/mol. The Morgan fingerprint density at radius 1 is 1.26 bits per heavy atom. The van der Waals surface area contributed by atoms with Crippen molar-refractivity contribution in [1.82, 2.24) is 4.98 Å². The van der Waals surface area contributed by atoms with Gasteiger partial charge in [-0.1, -0.05) is 24.8 Å². The summed E-state index contributed by atoms with van der Waals surface area (Å²) in [5.41, 5.74) is 7.15. The van der Waals surface area contributed by atoms with Crippen LogP contribution in [0.3, 0.4) is 0 Å². The van der Waals surface area contributed by atoms with Crippen LogP contribution in [-0.2, 0) is 6.42 Å². The normalized spacial score (nSPS) is 12.4. The van der Waals surface area contributed by atoms with Gasteiger partial charge in [0, 0.05) is 17.1 Å². The van der Waals surface area contributed by atoms with Crippen molar-refractivity contribution in [2.24, 2.45) is 5.73 Å². The standard InChI is InChI=1S/C15H17FN2S/c1-2-13(17)10-11-4-3-9-18-15(11)19-14-7-5-12(16)6-8-14/h3-9,13H,2,10,17H2,1H3. The van der Waals surface area contributed by atoms with Gasteiger partial charge in [0.05, 0.1) is 0 Å². The SMILES string of the molecule is CCC(N)Cc1cccnc1Sc1ccc(F)cc1. The van der Waals surface area contributed by atoms with Crippen molar-refractivity contribution in [3.05, 3.63) is 54.0 Å². The van der Waals surface area contributed by atoms with Crippen molar-refractivity contribution in [1.29, 1.82) is 0 Å². The summed E-state index contributed by atoms with van der Waals surface area (Å²) in [6, 6.07) is 10.6. The highest BCUT2D eigenvalue weighted by atomic mass is 32.2. The lowest BCUT2D eigenvalue weighted by Crippen LogP contribution is -2.21. The molecule has 19 heavy (non-hydrogen) atoms. The van der Waals surface area contributed by atoms with E-state index in [-0.39, 0.29) is 11.9 Å². The monoisotopic (exact) mass is 276 g/mol.